The quantitative estimate of drug-likeness (QED) is 0.868. The van der Waals surface area contributed by atoms with Gasteiger partial charge < -0.3 is 15.3 Å². The van der Waals surface area contributed by atoms with Crippen LogP contribution in [0.4, 0.5) is 5.69 Å². The Morgan fingerprint density at radius 3 is 2.56 bits per heavy atom. The van der Waals surface area contributed by atoms with Crippen molar-refractivity contribution in [3.8, 4) is 0 Å². The van der Waals surface area contributed by atoms with Crippen LogP contribution in [0.25, 0.3) is 0 Å². The molecule has 5 nitrogen and oxygen atoms in total. The molecule has 0 heterocycles. The van der Waals surface area contributed by atoms with Gasteiger partial charge in [0.05, 0.1) is 17.8 Å². The Balaban J connectivity index is 3.00. The zero-order chi connectivity index (χ0) is 13.7. The summed E-state index contributed by atoms with van der Waals surface area (Å²) in [7, 11) is 1.58. The van der Waals surface area contributed by atoms with Crippen LogP contribution in [-0.4, -0.2) is 37.1 Å². The highest BCUT2D eigenvalue weighted by Gasteiger charge is 2.13. The summed E-state index contributed by atoms with van der Waals surface area (Å²) >= 11 is 3.33. The number of nitrogens with one attached hydrogen (secondary N) is 1. The summed E-state index contributed by atoms with van der Waals surface area (Å²) in [4.78, 5) is 24.1. The van der Waals surface area contributed by atoms with Gasteiger partial charge in [-0.15, -0.1) is 0 Å². The van der Waals surface area contributed by atoms with E-state index in [-0.39, 0.29) is 18.0 Å². The Morgan fingerprint density at radius 1 is 1.44 bits per heavy atom. The number of carboxylic acids is 1. The third-order valence-electron chi connectivity index (χ3n) is 2.53. The van der Waals surface area contributed by atoms with Crippen molar-refractivity contribution in [2.45, 2.75) is 6.92 Å². The summed E-state index contributed by atoms with van der Waals surface area (Å²) in [6.45, 7) is 2.82. The van der Waals surface area contributed by atoms with Gasteiger partial charge in [-0.3, -0.25) is 4.79 Å². The van der Waals surface area contributed by atoms with Crippen LogP contribution in [0, 0.1) is 0 Å². The number of amides is 1. The first-order valence-electron chi connectivity index (χ1n) is 5.48. The normalized spacial score (nSPS) is 9.94. The van der Waals surface area contributed by atoms with Crippen molar-refractivity contribution in [1.29, 1.82) is 0 Å². The van der Waals surface area contributed by atoms with Crippen LogP contribution in [0.1, 0.15) is 17.3 Å². The van der Waals surface area contributed by atoms with Crippen LogP contribution in [0.15, 0.2) is 22.7 Å². The number of hydrogen-bond donors (Lipinski definition) is 2. The number of anilines is 1. The van der Waals surface area contributed by atoms with Crippen molar-refractivity contribution in [1.82, 2.24) is 5.32 Å². The zero-order valence-corrected chi connectivity index (χ0v) is 11.8. The number of aromatic carboxylic acids is 1. The molecule has 0 saturated carbocycles. The molecule has 1 aromatic rings. The SMILES string of the molecule is CCN(CC(=O)NC)c1ccc(C(=O)O)cc1Br. The number of nitrogens with zero attached hydrogens (tertiary/aromatic N) is 1. The predicted octanol–water partition coefficient (Wildman–Crippen LogP) is 1.72. The zero-order valence-electron chi connectivity index (χ0n) is 10.2. The molecule has 0 radical (unpaired) electrons. The highest BCUT2D eigenvalue weighted by Crippen LogP contribution is 2.27. The fraction of sp³-hybridized carbons (Fsp3) is 0.333. The smallest absolute Gasteiger partial charge is 0.335 e. The first-order chi connectivity index (χ1) is 8.49. The summed E-state index contributed by atoms with van der Waals surface area (Å²) in [5, 5.41) is 11.4. The molecule has 0 fully saturated rings. The number of carbonyl (C=O) groups excluding carboxylic acids is 1. The van der Waals surface area contributed by atoms with Crippen LogP contribution in [-0.2, 0) is 4.79 Å². The molecule has 1 amide bonds. The van der Waals surface area contributed by atoms with Gasteiger partial charge in [0.15, 0.2) is 0 Å². The highest BCUT2D eigenvalue weighted by atomic mass is 79.9. The molecular formula is C12H15BrN2O3. The average Bonchev–Trinajstić information content (AvgIpc) is 2.35. The van der Waals surface area contributed by atoms with Gasteiger partial charge in [0.25, 0.3) is 0 Å². The molecule has 0 aliphatic rings. The Morgan fingerprint density at radius 2 is 2.11 bits per heavy atom. The molecule has 0 spiro atoms. The van der Waals surface area contributed by atoms with Crippen molar-refractivity contribution in [3.63, 3.8) is 0 Å². The molecular weight excluding hydrogens is 300 g/mol. The van der Waals surface area contributed by atoms with Crippen LogP contribution in [0.3, 0.4) is 0 Å². The molecule has 0 bridgehead atoms. The number of benzene rings is 1. The van der Waals surface area contributed by atoms with E-state index in [9.17, 15) is 9.59 Å². The minimum absolute atomic E-state index is 0.0916. The lowest BCUT2D eigenvalue weighted by Gasteiger charge is -2.23. The fourth-order valence-electron chi connectivity index (χ4n) is 1.52. The van der Waals surface area contributed by atoms with Gasteiger partial charge >= 0.3 is 5.97 Å². The first kappa shape index (κ1) is 14.5. The molecule has 0 aromatic heterocycles. The third-order valence-corrected chi connectivity index (χ3v) is 3.17. The van der Waals surface area contributed by atoms with E-state index in [0.29, 0.717) is 11.0 Å². The maximum Gasteiger partial charge on any atom is 0.335 e. The number of likely N-dealkylation sites (N-methyl/N-ethyl adjacent to an activating group) is 2. The van der Waals surface area contributed by atoms with Crippen molar-refractivity contribution >= 4 is 33.5 Å². The molecule has 0 atom stereocenters. The lowest BCUT2D eigenvalue weighted by molar-refractivity contribution is -0.119. The minimum Gasteiger partial charge on any atom is -0.478 e. The van der Waals surface area contributed by atoms with Crippen molar-refractivity contribution in [2.24, 2.45) is 0 Å². The van der Waals surface area contributed by atoms with E-state index in [1.54, 1.807) is 13.1 Å². The van der Waals surface area contributed by atoms with E-state index >= 15 is 0 Å². The van der Waals surface area contributed by atoms with Crippen LogP contribution < -0.4 is 10.2 Å². The van der Waals surface area contributed by atoms with Crippen molar-refractivity contribution in [3.05, 3.63) is 28.2 Å². The van der Waals surface area contributed by atoms with E-state index in [0.717, 1.165) is 5.69 Å². The molecule has 0 aliphatic heterocycles. The van der Waals surface area contributed by atoms with Crippen LogP contribution in [0.5, 0.6) is 0 Å². The monoisotopic (exact) mass is 314 g/mol. The number of halogens is 1. The lowest BCUT2D eigenvalue weighted by atomic mass is 10.2. The van der Waals surface area contributed by atoms with Gasteiger partial charge in [-0.1, -0.05) is 0 Å². The van der Waals surface area contributed by atoms with E-state index in [2.05, 4.69) is 21.2 Å². The Hall–Kier alpha value is -1.56. The summed E-state index contributed by atoms with van der Waals surface area (Å²) in [6.07, 6.45) is 0. The van der Waals surface area contributed by atoms with Gasteiger partial charge in [0.1, 0.15) is 0 Å². The van der Waals surface area contributed by atoms with Gasteiger partial charge in [-0.2, -0.15) is 0 Å². The van der Waals surface area contributed by atoms with E-state index in [1.165, 1.54) is 12.1 Å². The molecule has 0 aliphatic carbocycles. The topological polar surface area (TPSA) is 69.6 Å². The summed E-state index contributed by atoms with van der Waals surface area (Å²) in [5.74, 6) is -1.07. The summed E-state index contributed by atoms with van der Waals surface area (Å²) in [6, 6.07) is 4.75. The molecule has 0 saturated heterocycles. The van der Waals surface area contributed by atoms with Crippen molar-refractivity contribution in [2.75, 3.05) is 25.0 Å². The summed E-state index contributed by atoms with van der Waals surface area (Å²) < 4.78 is 0.660. The Bertz CT molecular complexity index is 463. The Labute approximate surface area is 114 Å². The Kier molecular flexibility index (Phi) is 5.15. The molecule has 2 N–H and O–H groups in total. The second kappa shape index (κ2) is 6.39. The summed E-state index contributed by atoms with van der Waals surface area (Å²) in [5.41, 5.74) is 1.01. The molecule has 18 heavy (non-hydrogen) atoms. The maximum absolute atomic E-state index is 11.4. The number of carboxylic acid groups (broad SMARTS) is 1. The van der Waals surface area contributed by atoms with Gasteiger partial charge in [0.2, 0.25) is 5.91 Å². The molecule has 1 aromatic carbocycles. The molecule has 98 valence electrons. The molecule has 0 unspecified atom stereocenters. The molecule has 6 heteroatoms. The largest absolute Gasteiger partial charge is 0.478 e. The number of carbonyl (C=O) groups is 2. The minimum atomic E-state index is -0.975. The average molecular weight is 315 g/mol. The van der Waals surface area contributed by atoms with Gasteiger partial charge in [0, 0.05) is 18.1 Å². The lowest BCUT2D eigenvalue weighted by Crippen LogP contribution is -2.35. The fourth-order valence-corrected chi connectivity index (χ4v) is 2.15. The first-order valence-corrected chi connectivity index (χ1v) is 6.27. The standard InChI is InChI=1S/C12H15BrN2O3/c1-3-15(7-11(16)14-2)10-5-4-8(12(17)18)6-9(10)13/h4-6H,3,7H2,1-2H3,(H,14,16)(H,17,18). The molecule has 1 rings (SSSR count). The van der Waals surface area contributed by atoms with E-state index in [4.69, 9.17) is 5.11 Å². The van der Waals surface area contributed by atoms with Gasteiger partial charge in [-0.05, 0) is 41.1 Å². The van der Waals surface area contributed by atoms with E-state index in [1.807, 2.05) is 11.8 Å². The van der Waals surface area contributed by atoms with E-state index < -0.39 is 5.97 Å². The second-order valence-electron chi connectivity index (χ2n) is 3.66. The van der Waals surface area contributed by atoms with Crippen LogP contribution in [0.2, 0.25) is 0 Å². The number of hydrogen-bond acceptors (Lipinski definition) is 3. The van der Waals surface area contributed by atoms with Crippen LogP contribution >= 0.6 is 15.9 Å². The van der Waals surface area contributed by atoms with Gasteiger partial charge in [-0.25, -0.2) is 4.79 Å². The third kappa shape index (κ3) is 3.46. The second-order valence-corrected chi connectivity index (χ2v) is 4.51. The highest BCUT2D eigenvalue weighted by molar-refractivity contribution is 9.10. The maximum atomic E-state index is 11.4. The van der Waals surface area contributed by atoms with Crippen molar-refractivity contribution < 1.29 is 14.7 Å². The number of rotatable bonds is 5. The predicted molar refractivity (Wildman–Crippen MR) is 73.1 cm³/mol.